The van der Waals surface area contributed by atoms with Gasteiger partial charge in [-0.1, -0.05) is 6.92 Å². The molecule has 176 valence electrons. The molecule has 3 aromatic heterocycles. The fourth-order valence-corrected chi connectivity index (χ4v) is 4.44. The Kier molecular flexibility index (Phi) is 5.62. The van der Waals surface area contributed by atoms with E-state index in [0.29, 0.717) is 35.8 Å². The fourth-order valence-electron chi connectivity index (χ4n) is 4.44. The third-order valence-electron chi connectivity index (χ3n) is 6.17. The first-order valence-electron chi connectivity index (χ1n) is 11.0. The molecule has 4 aromatic rings. The lowest BCUT2D eigenvalue weighted by atomic mass is 9.92. The highest BCUT2D eigenvalue weighted by Crippen LogP contribution is 2.32. The number of anilines is 3. The molecule has 4 heterocycles. The number of aryl methyl sites for hydroxylation is 1. The molecule has 0 unspecified atom stereocenters. The molecule has 0 saturated carbocycles. The Balaban J connectivity index is 1.51. The third kappa shape index (κ3) is 3.95. The molecule has 1 aliphatic rings. The zero-order valence-corrected chi connectivity index (χ0v) is 18.8. The highest BCUT2D eigenvalue weighted by Gasteiger charge is 2.32. The molecular weight excluding hydrogens is 440 g/mol. The molecule has 4 N–H and O–H groups in total. The Bertz CT molecular complexity index is 1320. The minimum atomic E-state index is -0.675. The molecular formula is C24H25F2N7O. The van der Waals surface area contributed by atoms with E-state index in [2.05, 4.69) is 25.3 Å². The summed E-state index contributed by atoms with van der Waals surface area (Å²) in [6.45, 7) is 4.71. The molecule has 1 aliphatic heterocycles. The van der Waals surface area contributed by atoms with Crippen LogP contribution in [-0.4, -0.2) is 49.9 Å². The number of nitrogens with two attached hydrogens (primary N) is 1. The van der Waals surface area contributed by atoms with Crippen molar-refractivity contribution in [1.82, 2.24) is 19.6 Å². The smallest absolute Gasteiger partial charge is 0.229 e. The van der Waals surface area contributed by atoms with Crippen LogP contribution in [0, 0.1) is 24.5 Å². The van der Waals surface area contributed by atoms with Crippen LogP contribution < -0.4 is 16.0 Å². The van der Waals surface area contributed by atoms with Crippen LogP contribution in [-0.2, 0) is 0 Å². The second-order valence-electron chi connectivity index (χ2n) is 8.80. The van der Waals surface area contributed by atoms with Crippen LogP contribution in [0.2, 0.25) is 0 Å². The second-order valence-corrected chi connectivity index (χ2v) is 8.80. The first kappa shape index (κ1) is 22.2. The molecule has 0 amide bonds. The molecule has 1 saturated heterocycles. The van der Waals surface area contributed by atoms with Crippen molar-refractivity contribution in [3.63, 3.8) is 0 Å². The monoisotopic (exact) mass is 465 g/mol. The summed E-state index contributed by atoms with van der Waals surface area (Å²) >= 11 is 0. The first-order chi connectivity index (χ1) is 16.3. The van der Waals surface area contributed by atoms with Crippen LogP contribution in [0.15, 0.2) is 48.9 Å². The van der Waals surface area contributed by atoms with E-state index in [9.17, 15) is 13.9 Å². The standard InChI is InChI=1S/C24H25F2N7O/c1-13-7-16(25)22(17(26)8-13)19-4-3-15-9-29-24(33(15)31-19)30-20-10-28-6-5-21(20)32-11-14(2)23(34)18(27)12-32/h3-10,14,18,23,34H,11-12,27H2,1-2H3,(H,29,30)/t14-,18+,23+/m0/s1. The van der Waals surface area contributed by atoms with Gasteiger partial charge in [0, 0.05) is 31.2 Å². The molecule has 0 spiro atoms. The Morgan fingerprint density at radius 1 is 1.12 bits per heavy atom. The number of fused-ring (bicyclic) bond motifs is 1. The number of aromatic nitrogens is 4. The van der Waals surface area contributed by atoms with Gasteiger partial charge in [0.05, 0.1) is 46.6 Å². The van der Waals surface area contributed by atoms with E-state index in [1.807, 2.05) is 13.0 Å². The van der Waals surface area contributed by atoms with Gasteiger partial charge < -0.3 is 21.1 Å². The van der Waals surface area contributed by atoms with Crippen LogP contribution in [0.1, 0.15) is 12.5 Å². The van der Waals surface area contributed by atoms with Gasteiger partial charge in [0.2, 0.25) is 5.95 Å². The molecule has 0 bridgehead atoms. The fraction of sp³-hybridized carbons (Fsp3) is 0.292. The number of rotatable bonds is 4. The van der Waals surface area contributed by atoms with Gasteiger partial charge in [-0.3, -0.25) is 4.98 Å². The van der Waals surface area contributed by atoms with Crippen LogP contribution in [0.4, 0.5) is 26.1 Å². The molecule has 34 heavy (non-hydrogen) atoms. The number of aliphatic hydroxyl groups excluding tert-OH is 1. The minimum Gasteiger partial charge on any atom is -0.391 e. The van der Waals surface area contributed by atoms with Gasteiger partial charge in [0.25, 0.3) is 0 Å². The number of halogens is 2. The van der Waals surface area contributed by atoms with E-state index < -0.39 is 17.7 Å². The molecule has 0 radical (unpaired) electrons. The Morgan fingerprint density at radius 3 is 2.62 bits per heavy atom. The number of benzene rings is 1. The second kappa shape index (κ2) is 8.62. The predicted molar refractivity (Wildman–Crippen MR) is 126 cm³/mol. The van der Waals surface area contributed by atoms with Crippen molar-refractivity contribution < 1.29 is 13.9 Å². The van der Waals surface area contributed by atoms with E-state index in [1.165, 1.54) is 16.6 Å². The van der Waals surface area contributed by atoms with Crippen LogP contribution in [0.25, 0.3) is 16.8 Å². The van der Waals surface area contributed by atoms with Gasteiger partial charge in [0.1, 0.15) is 11.6 Å². The number of aliphatic hydroxyl groups is 1. The quantitative estimate of drug-likeness (QED) is 0.425. The van der Waals surface area contributed by atoms with Crippen LogP contribution in [0.3, 0.4) is 0 Å². The largest absolute Gasteiger partial charge is 0.391 e. The molecule has 5 rings (SSSR count). The lowest BCUT2D eigenvalue weighted by Gasteiger charge is -2.40. The Labute approximate surface area is 195 Å². The molecule has 0 aliphatic carbocycles. The number of pyridine rings is 1. The maximum Gasteiger partial charge on any atom is 0.229 e. The number of hydrogen-bond donors (Lipinski definition) is 3. The van der Waals surface area contributed by atoms with Gasteiger partial charge >= 0.3 is 0 Å². The molecule has 8 nitrogen and oxygen atoms in total. The van der Waals surface area contributed by atoms with Crippen molar-refractivity contribution in [2.45, 2.75) is 26.0 Å². The first-order valence-corrected chi connectivity index (χ1v) is 11.0. The van der Waals surface area contributed by atoms with Crippen molar-refractivity contribution in [3.8, 4) is 11.3 Å². The SMILES string of the molecule is Cc1cc(F)c(-c2ccc3cnc(Nc4cnccc4N4C[C@@H](N)[C@H](O)[C@@H](C)C4)n3n2)c(F)c1. The van der Waals surface area contributed by atoms with Gasteiger partial charge in [-0.05, 0) is 42.8 Å². The maximum absolute atomic E-state index is 14.6. The number of piperidine rings is 1. The van der Waals surface area contributed by atoms with E-state index in [-0.39, 0.29) is 23.2 Å². The zero-order valence-electron chi connectivity index (χ0n) is 18.8. The van der Waals surface area contributed by atoms with Crippen molar-refractivity contribution in [2.24, 2.45) is 11.7 Å². The summed E-state index contributed by atoms with van der Waals surface area (Å²) in [5, 5.41) is 17.9. The normalized spacial score (nSPS) is 20.6. The summed E-state index contributed by atoms with van der Waals surface area (Å²) in [7, 11) is 0. The predicted octanol–water partition coefficient (Wildman–Crippen LogP) is 3.27. The number of nitrogens with zero attached hydrogens (tertiary/aromatic N) is 5. The van der Waals surface area contributed by atoms with Crippen molar-refractivity contribution >= 4 is 22.8 Å². The third-order valence-corrected chi connectivity index (χ3v) is 6.17. The van der Waals surface area contributed by atoms with Crippen molar-refractivity contribution in [2.75, 3.05) is 23.3 Å². The Morgan fingerprint density at radius 2 is 1.88 bits per heavy atom. The van der Waals surface area contributed by atoms with E-state index in [4.69, 9.17) is 5.73 Å². The zero-order chi connectivity index (χ0) is 24.0. The van der Waals surface area contributed by atoms with Gasteiger partial charge in [-0.2, -0.15) is 9.61 Å². The lowest BCUT2D eigenvalue weighted by molar-refractivity contribution is 0.0785. The molecule has 10 heteroatoms. The summed E-state index contributed by atoms with van der Waals surface area (Å²) in [5.41, 5.74) is 8.78. The van der Waals surface area contributed by atoms with E-state index in [1.54, 1.807) is 37.6 Å². The minimum absolute atomic E-state index is 0.000507. The van der Waals surface area contributed by atoms with E-state index >= 15 is 0 Å². The van der Waals surface area contributed by atoms with Crippen molar-refractivity contribution in [1.29, 1.82) is 0 Å². The highest BCUT2D eigenvalue weighted by molar-refractivity contribution is 5.74. The topological polar surface area (TPSA) is 105 Å². The maximum atomic E-state index is 14.6. The molecule has 1 aromatic carbocycles. The molecule has 1 fully saturated rings. The Hall–Kier alpha value is -3.63. The van der Waals surface area contributed by atoms with Gasteiger partial charge in [-0.15, -0.1) is 0 Å². The summed E-state index contributed by atoms with van der Waals surface area (Å²) in [6, 6.07) is 7.32. The number of imidazole rings is 1. The summed E-state index contributed by atoms with van der Waals surface area (Å²) < 4.78 is 30.6. The van der Waals surface area contributed by atoms with Gasteiger partial charge in [-0.25, -0.2) is 13.8 Å². The summed E-state index contributed by atoms with van der Waals surface area (Å²) in [4.78, 5) is 10.7. The average Bonchev–Trinajstić information content (AvgIpc) is 3.19. The molecule has 3 atom stereocenters. The van der Waals surface area contributed by atoms with Crippen molar-refractivity contribution in [3.05, 3.63) is 66.1 Å². The number of hydrogen-bond acceptors (Lipinski definition) is 7. The van der Waals surface area contributed by atoms with Crippen LogP contribution in [0.5, 0.6) is 0 Å². The lowest BCUT2D eigenvalue weighted by Crippen LogP contribution is -2.55. The van der Waals surface area contributed by atoms with E-state index in [0.717, 1.165) is 5.69 Å². The number of nitrogens with one attached hydrogen (secondary N) is 1. The van der Waals surface area contributed by atoms with Gasteiger partial charge in [0.15, 0.2) is 0 Å². The van der Waals surface area contributed by atoms with Crippen LogP contribution >= 0.6 is 0 Å². The summed E-state index contributed by atoms with van der Waals surface area (Å²) in [6.07, 6.45) is 4.41. The average molecular weight is 466 g/mol. The summed E-state index contributed by atoms with van der Waals surface area (Å²) in [5.74, 6) is -0.980. The highest BCUT2D eigenvalue weighted by atomic mass is 19.1.